The van der Waals surface area contributed by atoms with Crippen LogP contribution in [0.1, 0.15) is 24.0 Å². The molecule has 0 unspecified atom stereocenters. The number of hydrogen-bond acceptors (Lipinski definition) is 4. The van der Waals surface area contributed by atoms with Crippen molar-refractivity contribution in [3.8, 4) is 5.75 Å². The van der Waals surface area contributed by atoms with Gasteiger partial charge >= 0.3 is 0 Å². The van der Waals surface area contributed by atoms with Crippen LogP contribution in [0.2, 0.25) is 0 Å². The van der Waals surface area contributed by atoms with E-state index in [-0.39, 0.29) is 0 Å². The van der Waals surface area contributed by atoms with Crippen molar-refractivity contribution in [3.05, 3.63) is 41.7 Å². The quantitative estimate of drug-likeness (QED) is 0.683. The van der Waals surface area contributed by atoms with E-state index in [1.807, 2.05) is 42.2 Å². The van der Waals surface area contributed by atoms with Crippen LogP contribution in [-0.4, -0.2) is 18.2 Å². The maximum Gasteiger partial charge on any atom is 0.170 e. The van der Waals surface area contributed by atoms with E-state index in [1.165, 1.54) is 17.7 Å². The molecule has 0 amide bonds. The van der Waals surface area contributed by atoms with Gasteiger partial charge in [-0.1, -0.05) is 0 Å². The molecule has 0 atom stereocenters. The fourth-order valence-corrected chi connectivity index (χ4v) is 3.57. The van der Waals surface area contributed by atoms with Crippen LogP contribution in [-0.2, 0) is 19.9 Å². The van der Waals surface area contributed by atoms with E-state index in [4.69, 9.17) is 0 Å². The number of benzene rings is 1. The third kappa shape index (κ3) is 2.56. The monoisotopic (exact) mass is 309 g/mol. The first-order valence-corrected chi connectivity index (χ1v) is 8.22. The highest BCUT2D eigenvalue weighted by Crippen LogP contribution is 2.45. The molecule has 5 heteroatoms. The lowest BCUT2D eigenvalue weighted by Crippen LogP contribution is -2.34. The molecule has 0 saturated carbocycles. The Kier molecular flexibility index (Phi) is 3.48. The van der Waals surface area contributed by atoms with E-state index in [1.54, 1.807) is 0 Å². The van der Waals surface area contributed by atoms with Gasteiger partial charge in [0.2, 0.25) is 0 Å². The molecule has 3 heterocycles. The second kappa shape index (κ2) is 5.65. The smallest absolute Gasteiger partial charge is 0.170 e. The number of aromatic hydroxyl groups is 1. The molecule has 2 aliphatic heterocycles. The molecule has 5 nitrogen and oxygen atoms in total. The van der Waals surface area contributed by atoms with Crippen molar-refractivity contribution >= 4 is 17.1 Å². The zero-order chi connectivity index (χ0) is 15.8. The largest absolute Gasteiger partial charge is 0.505 e. The number of phenols is 1. The van der Waals surface area contributed by atoms with Gasteiger partial charge in [-0.15, -0.1) is 10.2 Å². The highest BCUT2D eigenvalue weighted by atomic mass is 16.3. The van der Waals surface area contributed by atoms with Crippen molar-refractivity contribution in [1.29, 1.82) is 0 Å². The summed E-state index contributed by atoms with van der Waals surface area (Å²) in [7, 11) is 1.97. The second-order valence-corrected chi connectivity index (χ2v) is 6.35. The van der Waals surface area contributed by atoms with Crippen LogP contribution in [0.4, 0.5) is 17.1 Å². The summed E-state index contributed by atoms with van der Waals surface area (Å²) in [5.74, 6) is 0.306. The van der Waals surface area contributed by atoms with Crippen LogP contribution >= 0.6 is 0 Å². The predicted molar refractivity (Wildman–Crippen MR) is 88.8 cm³/mol. The van der Waals surface area contributed by atoms with Gasteiger partial charge in [-0.25, -0.2) is 4.57 Å². The van der Waals surface area contributed by atoms with Gasteiger partial charge in [0.25, 0.3) is 0 Å². The van der Waals surface area contributed by atoms with E-state index in [2.05, 4.69) is 15.1 Å². The fraction of sp³-hybridized carbons (Fsp3) is 0.389. The maximum atomic E-state index is 10.6. The number of nitrogens with zero attached hydrogens (tertiary/aromatic N) is 4. The van der Waals surface area contributed by atoms with Crippen LogP contribution < -0.4 is 9.47 Å². The van der Waals surface area contributed by atoms with Crippen molar-refractivity contribution in [2.24, 2.45) is 17.3 Å². The van der Waals surface area contributed by atoms with Gasteiger partial charge in [0.05, 0.1) is 5.69 Å². The van der Waals surface area contributed by atoms with E-state index >= 15 is 0 Å². The Balaban J connectivity index is 1.73. The van der Waals surface area contributed by atoms with Crippen LogP contribution in [0.5, 0.6) is 5.75 Å². The minimum absolute atomic E-state index is 0.306. The van der Waals surface area contributed by atoms with Gasteiger partial charge < -0.3 is 10.0 Å². The summed E-state index contributed by atoms with van der Waals surface area (Å²) in [4.78, 5) is 2.41. The standard InChI is InChI=1S/C18H20N4O/c1-21-10-6-14(7-11-21)19-20-16-12-13-4-2-8-22-9-3-5-15(17(13)22)18(16)23/h6-7,10-12H,2-5,8-9H2,1H3/p+1. The number of aromatic nitrogens is 1. The Morgan fingerprint density at radius 3 is 2.61 bits per heavy atom. The summed E-state index contributed by atoms with van der Waals surface area (Å²) < 4.78 is 1.95. The SMILES string of the molecule is C[n+]1ccc(/N=N/c2cc3c4c(c2O)CCCN4CCC3)cc1. The summed E-state index contributed by atoms with van der Waals surface area (Å²) in [6.07, 6.45) is 8.11. The molecular formula is C18H21N4O+. The minimum atomic E-state index is 0.306. The molecule has 0 spiro atoms. The van der Waals surface area contributed by atoms with E-state index in [0.717, 1.165) is 43.6 Å². The lowest BCUT2D eigenvalue weighted by molar-refractivity contribution is -0.671. The minimum Gasteiger partial charge on any atom is -0.505 e. The second-order valence-electron chi connectivity index (χ2n) is 6.35. The van der Waals surface area contributed by atoms with Crippen LogP contribution in [0.25, 0.3) is 0 Å². The zero-order valence-corrected chi connectivity index (χ0v) is 13.4. The number of aryl methyl sites for hydroxylation is 2. The average Bonchev–Trinajstić information content (AvgIpc) is 2.58. The molecule has 1 aromatic carbocycles. The van der Waals surface area contributed by atoms with Gasteiger partial charge in [-0.3, -0.25) is 0 Å². The van der Waals surface area contributed by atoms with E-state index < -0.39 is 0 Å². The Bertz CT molecular complexity index is 766. The topological polar surface area (TPSA) is 52.1 Å². The zero-order valence-electron chi connectivity index (χ0n) is 13.4. The number of hydrogen-bond donors (Lipinski definition) is 1. The molecule has 1 aromatic heterocycles. The summed E-state index contributed by atoms with van der Waals surface area (Å²) in [5, 5.41) is 19.2. The Morgan fingerprint density at radius 1 is 1.09 bits per heavy atom. The van der Waals surface area contributed by atoms with Gasteiger partial charge in [0, 0.05) is 36.5 Å². The van der Waals surface area contributed by atoms with Crippen molar-refractivity contribution in [3.63, 3.8) is 0 Å². The molecule has 0 saturated heterocycles. The van der Waals surface area contributed by atoms with E-state index in [9.17, 15) is 5.11 Å². The molecule has 1 N–H and O–H groups in total. The van der Waals surface area contributed by atoms with Gasteiger partial charge in [0.1, 0.15) is 18.5 Å². The highest BCUT2D eigenvalue weighted by Gasteiger charge is 2.27. The van der Waals surface area contributed by atoms with Crippen molar-refractivity contribution < 1.29 is 9.67 Å². The van der Waals surface area contributed by atoms with Crippen molar-refractivity contribution in [2.75, 3.05) is 18.0 Å². The molecule has 2 aromatic rings. The number of phenolic OH excluding ortho intramolecular Hbond substituents is 1. The Morgan fingerprint density at radius 2 is 1.83 bits per heavy atom. The van der Waals surface area contributed by atoms with Crippen molar-refractivity contribution in [2.45, 2.75) is 25.7 Å². The summed E-state index contributed by atoms with van der Waals surface area (Å²) in [6.45, 7) is 2.20. The first-order valence-electron chi connectivity index (χ1n) is 8.22. The fourth-order valence-electron chi connectivity index (χ4n) is 3.57. The number of rotatable bonds is 2. The first-order chi connectivity index (χ1) is 11.2. The van der Waals surface area contributed by atoms with Gasteiger partial charge in [0.15, 0.2) is 12.4 Å². The lowest BCUT2D eigenvalue weighted by Gasteiger charge is -2.37. The third-order valence-corrected chi connectivity index (χ3v) is 4.71. The van der Waals surface area contributed by atoms with Crippen LogP contribution in [0.3, 0.4) is 0 Å². The number of azo groups is 1. The summed E-state index contributed by atoms with van der Waals surface area (Å²) in [5.41, 5.74) is 5.00. The summed E-state index contributed by atoms with van der Waals surface area (Å²) in [6, 6.07) is 5.83. The molecule has 23 heavy (non-hydrogen) atoms. The molecule has 118 valence electrons. The van der Waals surface area contributed by atoms with E-state index in [0.29, 0.717) is 11.4 Å². The normalized spacial score (nSPS) is 16.7. The molecule has 4 rings (SSSR count). The molecular weight excluding hydrogens is 288 g/mol. The van der Waals surface area contributed by atoms with Crippen molar-refractivity contribution in [1.82, 2.24) is 0 Å². The van der Waals surface area contributed by atoms with Gasteiger partial charge in [-0.05, 0) is 37.3 Å². The first kappa shape index (κ1) is 14.2. The van der Waals surface area contributed by atoms with Crippen LogP contribution in [0.15, 0.2) is 40.8 Å². The number of anilines is 1. The maximum absolute atomic E-state index is 10.6. The number of pyridine rings is 1. The third-order valence-electron chi connectivity index (χ3n) is 4.71. The van der Waals surface area contributed by atoms with Gasteiger partial charge in [-0.2, -0.15) is 0 Å². The lowest BCUT2D eigenvalue weighted by atomic mass is 9.90. The molecule has 0 fully saturated rings. The Hall–Kier alpha value is -2.43. The Labute approximate surface area is 135 Å². The molecule has 0 radical (unpaired) electrons. The summed E-state index contributed by atoms with van der Waals surface area (Å²) >= 11 is 0. The predicted octanol–water partition coefficient (Wildman–Crippen LogP) is 3.33. The molecule has 2 aliphatic rings. The van der Waals surface area contributed by atoms with Crippen LogP contribution in [0, 0.1) is 0 Å². The average molecular weight is 309 g/mol. The highest BCUT2D eigenvalue weighted by molar-refractivity contribution is 5.74. The molecule has 0 aliphatic carbocycles. The molecule has 0 bridgehead atoms.